The Morgan fingerprint density at radius 1 is 1.41 bits per heavy atom. The number of hydrogen-bond donors (Lipinski definition) is 2. The van der Waals surface area contributed by atoms with E-state index in [2.05, 4.69) is 15.6 Å². The van der Waals surface area contributed by atoms with Gasteiger partial charge < -0.3 is 15.2 Å². The number of amides is 1. The lowest BCUT2D eigenvalue weighted by Gasteiger charge is -2.11. The highest BCUT2D eigenvalue weighted by atomic mass is 32.2. The second kappa shape index (κ2) is 7.95. The summed E-state index contributed by atoms with van der Waals surface area (Å²) in [4.78, 5) is 16.9. The maximum Gasteiger partial charge on any atom is 0.242 e. The second-order valence-electron chi connectivity index (χ2n) is 7.12. The maximum absolute atomic E-state index is 12.3. The first-order chi connectivity index (χ1) is 12.8. The van der Waals surface area contributed by atoms with Crippen molar-refractivity contribution in [1.82, 2.24) is 24.5 Å². The van der Waals surface area contributed by atoms with Gasteiger partial charge in [-0.1, -0.05) is 0 Å². The molecule has 1 atom stereocenters. The van der Waals surface area contributed by atoms with Crippen molar-refractivity contribution in [2.45, 2.75) is 36.6 Å². The fraction of sp³-hybridized carbons (Fsp3) is 0.556. The third-order valence-electron chi connectivity index (χ3n) is 5.01. The molecule has 1 aliphatic heterocycles. The molecule has 148 valence electrons. The van der Waals surface area contributed by atoms with E-state index in [0.717, 1.165) is 30.7 Å². The number of nitrogens with one attached hydrogen (secondary N) is 2. The number of nitrogens with zero attached hydrogens (tertiary/aromatic N) is 3. The molecule has 1 fully saturated rings. The zero-order valence-corrected chi connectivity index (χ0v) is 16.8. The summed E-state index contributed by atoms with van der Waals surface area (Å²) in [5.41, 5.74) is 1.46. The molecule has 2 N–H and O–H groups in total. The van der Waals surface area contributed by atoms with E-state index < -0.39 is 10.0 Å². The lowest BCUT2D eigenvalue weighted by Crippen LogP contribution is -2.37. The maximum atomic E-state index is 12.3. The number of carbonyl (C=O) groups is 1. The highest BCUT2D eigenvalue weighted by molar-refractivity contribution is 7.89. The first-order valence-corrected chi connectivity index (χ1v) is 10.6. The summed E-state index contributed by atoms with van der Waals surface area (Å²) in [5.74, 6) is 0.769. The third kappa shape index (κ3) is 4.31. The van der Waals surface area contributed by atoms with E-state index in [4.69, 9.17) is 0 Å². The largest absolute Gasteiger partial charge is 0.355 e. The van der Waals surface area contributed by atoms with Gasteiger partial charge in [-0.05, 0) is 37.6 Å². The molecule has 0 aliphatic carbocycles. The number of benzene rings is 1. The van der Waals surface area contributed by atoms with Crippen LogP contribution in [-0.4, -0.2) is 61.4 Å². The van der Waals surface area contributed by atoms with Gasteiger partial charge in [0.25, 0.3) is 0 Å². The van der Waals surface area contributed by atoms with Crippen LogP contribution in [0.5, 0.6) is 0 Å². The lowest BCUT2D eigenvalue weighted by atomic mass is 10.2. The first-order valence-electron chi connectivity index (χ1n) is 9.17. The van der Waals surface area contributed by atoms with Crippen LogP contribution in [0.4, 0.5) is 0 Å². The summed E-state index contributed by atoms with van der Waals surface area (Å²) in [6, 6.07) is 5.31. The Balaban J connectivity index is 1.68. The fourth-order valence-corrected chi connectivity index (χ4v) is 4.23. The zero-order chi connectivity index (χ0) is 19.6. The van der Waals surface area contributed by atoms with Crippen LogP contribution in [0.2, 0.25) is 0 Å². The van der Waals surface area contributed by atoms with Gasteiger partial charge in [0.15, 0.2) is 0 Å². The van der Waals surface area contributed by atoms with Gasteiger partial charge in [0.2, 0.25) is 15.9 Å². The molecule has 0 unspecified atom stereocenters. The Kier molecular flexibility index (Phi) is 5.83. The van der Waals surface area contributed by atoms with E-state index >= 15 is 0 Å². The highest BCUT2D eigenvalue weighted by Gasteiger charge is 2.19. The standard InChI is InChI=1S/C18H27N5O3S/c1-22(2)27(25,26)14-6-7-16-15(11-14)21-17(23(16)3)8-9-18(24)20-12-13-5-4-10-19-13/h6-7,11,13,19H,4-5,8-10,12H2,1-3H3,(H,20,24)/t13-/m1/s1. The molecule has 1 aromatic heterocycles. The number of hydrogen-bond acceptors (Lipinski definition) is 5. The number of imidazole rings is 1. The molecule has 1 aliphatic rings. The fourth-order valence-electron chi connectivity index (χ4n) is 3.31. The number of sulfonamides is 1. The summed E-state index contributed by atoms with van der Waals surface area (Å²) in [7, 11) is 1.39. The molecule has 2 aromatic rings. The Bertz CT molecular complexity index is 930. The van der Waals surface area contributed by atoms with Crippen molar-refractivity contribution >= 4 is 27.0 Å². The van der Waals surface area contributed by atoms with E-state index in [1.54, 1.807) is 18.2 Å². The number of fused-ring (bicyclic) bond motifs is 1. The van der Waals surface area contributed by atoms with Crippen LogP contribution in [0.15, 0.2) is 23.1 Å². The van der Waals surface area contributed by atoms with Crippen LogP contribution in [0.25, 0.3) is 11.0 Å². The average molecular weight is 394 g/mol. The second-order valence-corrected chi connectivity index (χ2v) is 9.27. The molecule has 1 aromatic carbocycles. The zero-order valence-electron chi connectivity index (χ0n) is 16.0. The molecule has 8 nitrogen and oxygen atoms in total. The van der Waals surface area contributed by atoms with Crippen LogP contribution in [0.3, 0.4) is 0 Å². The number of carbonyl (C=O) groups excluding carboxylic acids is 1. The van der Waals surface area contributed by atoms with Gasteiger partial charge in [0.1, 0.15) is 5.82 Å². The van der Waals surface area contributed by atoms with E-state index in [0.29, 0.717) is 30.9 Å². The molecule has 1 amide bonds. The molecule has 3 rings (SSSR count). The van der Waals surface area contributed by atoms with Gasteiger partial charge in [-0.2, -0.15) is 0 Å². The SMILES string of the molecule is CN(C)S(=O)(=O)c1ccc2c(c1)nc(CCC(=O)NC[C@H]1CCCN1)n2C. The average Bonchev–Trinajstić information content (AvgIpc) is 3.26. The molecule has 0 bridgehead atoms. The molecule has 9 heteroatoms. The Labute approximate surface area is 160 Å². The number of aryl methyl sites for hydroxylation is 2. The van der Waals surface area contributed by atoms with Crippen molar-refractivity contribution in [3.8, 4) is 0 Å². The van der Waals surface area contributed by atoms with E-state index in [9.17, 15) is 13.2 Å². The molecule has 0 radical (unpaired) electrons. The Morgan fingerprint density at radius 2 is 2.19 bits per heavy atom. The van der Waals surface area contributed by atoms with E-state index in [-0.39, 0.29) is 10.8 Å². The van der Waals surface area contributed by atoms with Crippen molar-refractivity contribution in [2.24, 2.45) is 7.05 Å². The minimum atomic E-state index is -3.50. The molecular formula is C18H27N5O3S. The first kappa shape index (κ1) is 19.8. The topological polar surface area (TPSA) is 96.3 Å². The van der Waals surface area contributed by atoms with Crippen LogP contribution in [-0.2, 0) is 28.3 Å². The minimum absolute atomic E-state index is 0.00614. The van der Waals surface area contributed by atoms with Crippen molar-refractivity contribution in [2.75, 3.05) is 27.2 Å². The molecule has 0 spiro atoms. The van der Waals surface area contributed by atoms with Crippen molar-refractivity contribution in [3.05, 3.63) is 24.0 Å². The Hall–Kier alpha value is -1.97. The van der Waals surface area contributed by atoms with Gasteiger partial charge in [-0.25, -0.2) is 17.7 Å². The summed E-state index contributed by atoms with van der Waals surface area (Å²) in [5, 5.41) is 6.32. The Morgan fingerprint density at radius 3 is 2.85 bits per heavy atom. The summed E-state index contributed by atoms with van der Waals surface area (Å²) < 4.78 is 27.7. The lowest BCUT2D eigenvalue weighted by molar-refractivity contribution is -0.121. The van der Waals surface area contributed by atoms with Gasteiger partial charge in [0.05, 0.1) is 15.9 Å². The smallest absolute Gasteiger partial charge is 0.242 e. The van der Waals surface area contributed by atoms with Crippen LogP contribution in [0.1, 0.15) is 25.1 Å². The van der Waals surface area contributed by atoms with Crippen LogP contribution in [0, 0.1) is 0 Å². The van der Waals surface area contributed by atoms with Gasteiger partial charge in [0, 0.05) is 46.6 Å². The molecular weight excluding hydrogens is 366 g/mol. The molecule has 2 heterocycles. The van der Waals surface area contributed by atoms with Crippen LogP contribution < -0.4 is 10.6 Å². The normalized spacial score (nSPS) is 17.7. The summed E-state index contributed by atoms with van der Waals surface area (Å²) >= 11 is 0. The van der Waals surface area contributed by atoms with E-state index in [1.807, 2.05) is 11.6 Å². The molecule has 1 saturated heterocycles. The molecule has 0 saturated carbocycles. The van der Waals surface area contributed by atoms with Gasteiger partial charge in [-0.15, -0.1) is 0 Å². The number of aromatic nitrogens is 2. The van der Waals surface area contributed by atoms with Crippen molar-refractivity contribution < 1.29 is 13.2 Å². The minimum Gasteiger partial charge on any atom is -0.355 e. The van der Waals surface area contributed by atoms with E-state index in [1.165, 1.54) is 18.4 Å². The summed E-state index contributed by atoms with van der Waals surface area (Å²) in [6.45, 7) is 1.68. The van der Waals surface area contributed by atoms with Gasteiger partial charge in [-0.3, -0.25) is 4.79 Å². The summed E-state index contributed by atoms with van der Waals surface area (Å²) in [6.07, 6.45) is 3.12. The predicted octanol–water partition coefficient (Wildman–Crippen LogP) is 0.624. The highest BCUT2D eigenvalue weighted by Crippen LogP contribution is 2.21. The molecule has 27 heavy (non-hydrogen) atoms. The third-order valence-corrected chi connectivity index (χ3v) is 6.82. The predicted molar refractivity (Wildman–Crippen MR) is 104 cm³/mol. The van der Waals surface area contributed by atoms with Crippen LogP contribution >= 0.6 is 0 Å². The van der Waals surface area contributed by atoms with Gasteiger partial charge >= 0.3 is 0 Å². The number of rotatable bonds is 7. The van der Waals surface area contributed by atoms with Crippen molar-refractivity contribution in [1.29, 1.82) is 0 Å². The van der Waals surface area contributed by atoms with Crippen molar-refractivity contribution in [3.63, 3.8) is 0 Å². The monoisotopic (exact) mass is 393 g/mol. The quantitative estimate of drug-likeness (QED) is 0.719.